The largest absolute Gasteiger partial charge is 0.341 e. The van der Waals surface area contributed by atoms with Crippen molar-refractivity contribution >= 4 is 33.2 Å². The van der Waals surface area contributed by atoms with E-state index >= 15 is 0 Å². The summed E-state index contributed by atoms with van der Waals surface area (Å²) in [5.74, 6) is 0.231. The number of hydrogen-bond donors (Lipinski definition) is 1. The molecule has 2 rings (SSSR count). The van der Waals surface area contributed by atoms with Gasteiger partial charge in [0.05, 0.1) is 9.83 Å². The van der Waals surface area contributed by atoms with Crippen LogP contribution in [0.25, 0.3) is 0 Å². The number of halogens is 1. The normalized spacial score (nSPS) is 18.9. The molecule has 1 aromatic heterocycles. The average molecular weight is 331 g/mol. The molecule has 0 aliphatic carbocycles. The van der Waals surface area contributed by atoms with Crippen LogP contribution in [0.5, 0.6) is 0 Å². The molecule has 0 bridgehead atoms. The van der Waals surface area contributed by atoms with E-state index < -0.39 is 0 Å². The zero-order valence-corrected chi connectivity index (χ0v) is 13.2. The molecule has 0 aromatic carbocycles. The fourth-order valence-electron chi connectivity index (χ4n) is 2.30. The van der Waals surface area contributed by atoms with E-state index in [2.05, 4.69) is 34.2 Å². The minimum absolute atomic E-state index is 0.112. The molecule has 1 aromatic rings. The van der Waals surface area contributed by atoms with E-state index in [0.29, 0.717) is 0 Å². The number of hydrogen-bond acceptors (Lipinski definition) is 3. The van der Waals surface area contributed by atoms with Crippen LogP contribution >= 0.6 is 27.3 Å². The third-order valence-electron chi connectivity index (χ3n) is 3.31. The molecule has 1 saturated heterocycles. The van der Waals surface area contributed by atoms with Gasteiger partial charge in [0.15, 0.2) is 0 Å². The van der Waals surface area contributed by atoms with Gasteiger partial charge in [0.1, 0.15) is 0 Å². The van der Waals surface area contributed by atoms with Crippen molar-refractivity contribution in [1.29, 1.82) is 0 Å². The van der Waals surface area contributed by atoms with Gasteiger partial charge in [-0.2, -0.15) is 0 Å². The second-order valence-corrected chi connectivity index (χ2v) is 7.28. The van der Waals surface area contributed by atoms with Crippen LogP contribution in [-0.2, 0) is 4.79 Å². The van der Waals surface area contributed by atoms with Crippen molar-refractivity contribution in [2.45, 2.75) is 38.8 Å². The van der Waals surface area contributed by atoms with Crippen LogP contribution in [0.15, 0.2) is 15.9 Å². The number of likely N-dealkylation sites (tertiary alicyclic amines) is 1. The second-order valence-electron chi connectivity index (χ2n) is 4.78. The Morgan fingerprint density at radius 2 is 2.06 bits per heavy atom. The molecule has 0 radical (unpaired) electrons. The van der Waals surface area contributed by atoms with Gasteiger partial charge in [-0.05, 0) is 54.8 Å². The molecule has 100 valence electrons. The first kappa shape index (κ1) is 14.0. The first-order valence-electron chi connectivity index (χ1n) is 6.38. The van der Waals surface area contributed by atoms with E-state index in [4.69, 9.17) is 0 Å². The molecule has 1 amide bonds. The van der Waals surface area contributed by atoms with Crippen LogP contribution in [-0.4, -0.2) is 29.9 Å². The SMILES string of the molecule is CC(NC(C)c1ccc(Br)s1)C(=O)N1CCCC1. The van der Waals surface area contributed by atoms with E-state index in [1.807, 2.05) is 17.9 Å². The summed E-state index contributed by atoms with van der Waals surface area (Å²) in [4.78, 5) is 15.4. The van der Waals surface area contributed by atoms with E-state index in [9.17, 15) is 4.79 Å². The first-order chi connectivity index (χ1) is 8.58. The molecule has 2 atom stereocenters. The lowest BCUT2D eigenvalue weighted by Gasteiger charge is -2.23. The quantitative estimate of drug-likeness (QED) is 0.919. The molecule has 1 fully saturated rings. The van der Waals surface area contributed by atoms with E-state index in [1.54, 1.807) is 11.3 Å². The number of thiophene rings is 1. The minimum Gasteiger partial charge on any atom is -0.341 e. The number of nitrogens with one attached hydrogen (secondary N) is 1. The van der Waals surface area contributed by atoms with Crippen molar-refractivity contribution in [3.63, 3.8) is 0 Å². The van der Waals surface area contributed by atoms with Crippen LogP contribution in [0.2, 0.25) is 0 Å². The summed E-state index contributed by atoms with van der Waals surface area (Å²) < 4.78 is 1.13. The van der Waals surface area contributed by atoms with Crippen molar-refractivity contribution in [3.8, 4) is 0 Å². The lowest BCUT2D eigenvalue weighted by atomic mass is 10.2. The average Bonchev–Trinajstić information content (AvgIpc) is 2.98. The highest BCUT2D eigenvalue weighted by Crippen LogP contribution is 2.27. The van der Waals surface area contributed by atoms with E-state index in [-0.39, 0.29) is 18.0 Å². The van der Waals surface area contributed by atoms with Crippen molar-refractivity contribution in [3.05, 3.63) is 20.8 Å². The zero-order chi connectivity index (χ0) is 13.1. The van der Waals surface area contributed by atoms with Crippen LogP contribution in [0.1, 0.15) is 37.6 Å². The molecule has 2 heterocycles. The number of nitrogens with zero attached hydrogens (tertiary/aromatic N) is 1. The van der Waals surface area contributed by atoms with Gasteiger partial charge in [0, 0.05) is 24.0 Å². The van der Waals surface area contributed by atoms with Crippen molar-refractivity contribution in [1.82, 2.24) is 10.2 Å². The Morgan fingerprint density at radius 3 is 2.61 bits per heavy atom. The molecular weight excluding hydrogens is 312 g/mol. The number of rotatable bonds is 4. The van der Waals surface area contributed by atoms with Gasteiger partial charge >= 0.3 is 0 Å². The van der Waals surface area contributed by atoms with Crippen molar-refractivity contribution in [2.75, 3.05) is 13.1 Å². The third kappa shape index (κ3) is 3.33. The molecule has 0 saturated carbocycles. The Labute approximate surface area is 121 Å². The summed E-state index contributed by atoms with van der Waals surface area (Å²) in [7, 11) is 0. The molecule has 18 heavy (non-hydrogen) atoms. The fraction of sp³-hybridized carbons (Fsp3) is 0.615. The Kier molecular flexibility index (Phi) is 4.81. The van der Waals surface area contributed by atoms with E-state index in [1.165, 1.54) is 4.88 Å². The van der Waals surface area contributed by atoms with Gasteiger partial charge < -0.3 is 4.90 Å². The Hall–Kier alpha value is -0.390. The lowest BCUT2D eigenvalue weighted by Crippen LogP contribution is -2.44. The topological polar surface area (TPSA) is 32.3 Å². The fourth-order valence-corrected chi connectivity index (χ4v) is 3.74. The first-order valence-corrected chi connectivity index (χ1v) is 7.99. The summed E-state index contributed by atoms with van der Waals surface area (Å²) >= 11 is 5.18. The smallest absolute Gasteiger partial charge is 0.239 e. The summed E-state index contributed by atoms with van der Waals surface area (Å²) in [6, 6.07) is 4.24. The van der Waals surface area contributed by atoms with Gasteiger partial charge in [-0.1, -0.05) is 0 Å². The summed E-state index contributed by atoms with van der Waals surface area (Å²) in [5.41, 5.74) is 0. The number of carbonyl (C=O) groups is 1. The van der Waals surface area contributed by atoms with Crippen LogP contribution < -0.4 is 5.32 Å². The Bertz CT molecular complexity index is 415. The van der Waals surface area contributed by atoms with Gasteiger partial charge in [-0.15, -0.1) is 11.3 Å². The number of amides is 1. The zero-order valence-electron chi connectivity index (χ0n) is 10.8. The lowest BCUT2D eigenvalue weighted by molar-refractivity contribution is -0.132. The Balaban J connectivity index is 1.90. The standard InChI is InChI=1S/C13H19BrN2OS/c1-9(11-5-6-12(14)18-11)15-10(2)13(17)16-7-3-4-8-16/h5-6,9-10,15H,3-4,7-8H2,1-2H3. The van der Waals surface area contributed by atoms with Crippen LogP contribution in [0.4, 0.5) is 0 Å². The summed E-state index contributed by atoms with van der Waals surface area (Å²) in [6.07, 6.45) is 2.29. The molecule has 1 N–H and O–H groups in total. The van der Waals surface area contributed by atoms with Gasteiger partial charge in [-0.25, -0.2) is 0 Å². The highest BCUT2D eigenvalue weighted by Gasteiger charge is 2.24. The molecule has 0 spiro atoms. The predicted molar refractivity (Wildman–Crippen MR) is 78.8 cm³/mol. The maximum Gasteiger partial charge on any atom is 0.239 e. The highest BCUT2D eigenvalue weighted by molar-refractivity contribution is 9.11. The monoisotopic (exact) mass is 330 g/mol. The molecule has 2 unspecified atom stereocenters. The molecule has 1 aliphatic heterocycles. The summed E-state index contributed by atoms with van der Waals surface area (Å²) in [6.45, 7) is 5.90. The summed E-state index contributed by atoms with van der Waals surface area (Å²) in [5, 5.41) is 3.38. The molecule has 3 nitrogen and oxygen atoms in total. The molecular formula is C13H19BrN2OS. The molecule has 5 heteroatoms. The highest BCUT2D eigenvalue weighted by atomic mass is 79.9. The van der Waals surface area contributed by atoms with E-state index in [0.717, 1.165) is 29.7 Å². The van der Waals surface area contributed by atoms with Gasteiger partial charge in [-0.3, -0.25) is 10.1 Å². The number of carbonyl (C=O) groups excluding carboxylic acids is 1. The van der Waals surface area contributed by atoms with Crippen molar-refractivity contribution < 1.29 is 4.79 Å². The maximum absolute atomic E-state index is 12.2. The second kappa shape index (κ2) is 6.17. The maximum atomic E-state index is 12.2. The van der Waals surface area contributed by atoms with Gasteiger partial charge in [0.25, 0.3) is 0 Å². The molecule has 1 aliphatic rings. The van der Waals surface area contributed by atoms with Crippen LogP contribution in [0.3, 0.4) is 0 Å². The van der Waals surface area contributed by atoms with Crippen LogP contribution in [0, 0.1) is 0 Å². The minimum atomic E-state index is -0.112. The predicted octanol–water partition coefficient (Wildman–Crippen LogP) is 3.17. The van der Waals surface area contributed by atoms with Crippen molar-refractivity contribution in [2.24, 2.45) is 0 Å². The third-order valence-corrected chi connectivity index (χ3v) is 5.12. The van der Waals surface area contributed by atoms with Gasteiger partial charge in [0.2, 0.25) is 5.91 Å². The Morgan fingerprint density at radius 1 is 1.39 bits per heavy atom.